The number of hydrogen-bond acceptors (Lipinski definition) is 3. The molecule has 8 bridgehead atoms. The number of ether oxygens (including phenoxy) is 3. The lowest BCUT2D eigenvalue weighted by molar-refractivity contribution is 0.324. The minimum Gasteiger partial charge on any atom is -0.493 e. The molecule has 1 aliphatic heterocycles. The Morgan fingerprint density at radius 1 is 0.500 bits per heavy atom. The second-order valence-corrected chi connectivity index (χ2v) is 8.65. The molecule has 5 aromatic rings. The maximum Gasteiger partial charge on any atom is 0.203 e. The van der Waals surface area contributed by atoms with E-state index in [0.29, 0.717) is 17.2 Å². The zero-order chi connectivity index (χ0) is 24.6. The summed E-state index contributed by atoms with van der Waals surface area (Å²) in [5.74, 6) is 1.78. The molecule has 1 aliphatic rings. The van der Waals surface area contributed by atoms with E-state index in [2.05, 4.69) is 86.7 Å². The first-order chi connectivity index (χ1) is 17.6. The van der Waals surface area contributed by atoms with E-state index in [9.17, 15) is 0 Å². The fourth-order valence-electron chi connectivity index (χ4n) is 4.61. The largest absolute Gasteiger partial charge is 0.493 e. The number of fused-ring (bicyclic) bond motifs is 8. The highest BCUT2D eigenvalue weighted by molar-refractivity contribution is 5.79. The lowest BCUT2D eigenvalue weighted by atomic mass is 10.0. The molecule has 0 spiro atoms. The Kier molecular flexibility index (Phi) is 5.30. The van der Waals surface area contributed by atoms with Crippen LogP contribution in [0.2, 0.25) is 0 Å². The molecular formula is C29H26N4O3. The maximum absolute atomic E-state index is 5.61. The molecule has 36 heavy (non-hydrogen) atoms. The Morgan fingerprint density at radius 2 is 1.03 bits per heavy atom. The summed E-state index contributed by atoms with van der Waals surface area (Å²) in [6.07, 6.45) is 8.38. The van der Waals surface area contributed by atoms with Gasteiger partial charge in [0.15, 0.2) is 11.5 Å². The maximum atomic E-state index is 5.61. The SMILES string of the molecule is COc1cc(-c2cc3[nH]c2C=c2ccc([nH]2)=Cc2ccc([nH]2)C=c2ccc([nH]2)=C3)cc(OC)c1OC. The van der Waals surface area contributed by atoms with Crippen molar-refractivity contribution in [1.29, 1.82) is 0 Å². The number of methoxy groups -OCH3 is 3. The summed E-state index contributed by atoms with van der Waals surface area (Å²) in [5.41, 5.74) is 5.94. The Balaban J connectivity index is 1.61. The van der Waals surface area contributed by atoms with E-state index in [0.717, 1.165) is 55.3 Å². The summed E-state index contributed by atoms with van der Waals surface area (Å²) in [7, 11) is 4.86. The normalized spacial score (nSPS) is 12.1. The van der Waals surface area contributed by atoms with E-state index in [4.69, 9.17) is 14.2 Å². The molecule has 0 amide bonds. The fraction of sp³-hybridized carbons (Fsp3) is 0.103. The van der Waals surface area contributed by atoms with Crippen molar-refractivity contribution in [3.8, 4) is 28.4 Å². The van der Waals surface area contributed by atoms with Gasteiger partial charge in [0.25, 0.3) is 0 Å². The summed E-state index contributed by atoms with van der Waals surface area (Å²) >= 11 is 0. The van der Waals surface area contributed by atoms with Crippen LogP contribution in [-0.4, -0.2) is 41.3 Å². The van der Waals surface area contributed by atoms with Crippen LogP contribution in [0.25, 0.3) is 35.4 Å². The van der Waals surface area contributed by atoms with Gasteiger partial charge < -0.3 is 34.1 Å². The molecule has 4 aromatic heterocycles. The third-order valence-electron chi connectivity index (χ3n) is 6.27. The Labute approximate surface area is 207 Å². The minimum absolute atomic E-state index is 0.564. The molecule has 0 atom stereocenters. The van der Waals surface area contributed by atoms with Crippen LogP contribution in [0.1, 0.15) is 22.8 Å². The van der Waals surface area contributed by atoms with Crippen molar-refractivity contribution >= 4 is 24.3 Å². The van der Waals surface area contributed by atoms with Crippen LogP contribution in [0.5, 0.6) is 17.2 Å². The van der Waals surface area contributed by atoms with E-state index in [1.165, 1.54) is 0 Å². The number of H-pyrrole nitrogens is 4. The van der Waals surface area contributed by atoms with Gasteiger partial charge in [0.1, 0.15) is 0 Å². The van der Waals surface area contributed by atoms with Crippen LogP contribution in [0.4, 0.5) is 0 Å². The predicted molar refractivity (Wildman–Crippen MR) is 141 cm³/mol. The van der Waals surface area contributed by atoms with Crippen molar-refractivity contribution in [3.05, 3.63) is 98.8 Å². The molecular weight excluding hydrogens is 452 g/mol. The molecule has 0 saturated heterocycles. The number of nitrogens with one attached hydrogen (secondary N) is 4. The van der Waals surface area contributed by atoms with Gasteiger partial charge in [0.05, 0.1) is 21.3 Å². The Morgan fingerprint density at radius 3 is 1.56 bits per heavy atom. The number of hydrogen-bond donors (Lipinski definition) is 4. The predicted octanol–water partition coefficient (Wildman–Crippen LogP) is 2.32. The molecule has 180 valence electrons. The van der Waals surface area contributed by atoms with Gasteiger partial charge in [0, 0.05) is 49.7 Å². The van der Waals surface area contributed by atoms with E-state index < -0.39 is 0 Å². The summed E-state index contributed by atoms with van der Waals surface area (Å²) in [4.78, 5) is 14.0. The van der Waals surface area contributed by atoms with Crippen LogP contribution >= 0.6 is 0 Å². The van der Waals surface area contributed by atoms with E-state index in [-0.39, 0.29) is 0 Å². The number of aromatic amines is 4. The number of aromatic nitrogens is 4. The average molecular weight is 479 g/mol. The molecule has 5 heterocycles. The molecule has 0 fully saturated rings. The van der Waals surface area contributed by atoms with Crippen molar-refractivity contribution in [2.75, 3.05) is 21.3 Å². The number of rotatable bonds is 4. The minimum atomic E-state index is 0.564. The summed E-state index contributed by atoms with van der Waals surface area (Å²) in [6, 6.07) is 18.5. The first-order valence-electron chi connectivity index (χ1n) is 11.6. The van der Waals surface area contributed by atoms with Crippen molar-refractivity contribution in [3.63, 3.8) is 0 Å². The second-order valence-electron chi connectivity index (χ2n) is 8.65. The lowest BCUT2D eigenvalue weighted by Gasteiger charge is -2.14. The van der Waals surface area contributed by atoms with Gasteiger partial charge in [-0.2, -0.15) is 0 Å². The summed E-state index contributed by atoms with van der Waals surface area (Å²) < 4.78 is 16.7. The molecule has 7 heteroatoms. The Hall–Kier alpha value is -4.78. The van der Waals surface area contributed by atoms with E-state index in [1.54, 1.807) is 21.3 Å². The van der Waals surface area contributed by atoms with Gasteiger partial charge in [0.2, 0.25) is 5.75 Å². The summed E-state index contributed by atoms with van der Waals surface area (Å²) in [5, 5.41) is 4.01. The van der Waals surface area contributed by atoms with Gasteiger partial charge in [-0.25, -0.2) is 0 Å². The third kappa shape index (κ3) is 4.01. The molecule has 6 rings (SSSR count). The highest BCUT2D eigenvalue weighted by atomic mass is 16.5. The lowest BCUT2D eigenvalue weighted by Crippen LogP contribution is -2.10. The topological polar surface area (TPSA) is 90.9 Å². The smallest absolute Gasteiger partial charge is 0.203 e. The van der Waals surface area contributed by atoms with Crippen LogP contribution in [0.15, 0.2) is 54.6 Å². The Bertz CT molecular complexity index is 1790. The molecule has 0 radical (unpaired) electrons. The van der Waals surface area contributed by atoms with E-state index >= 15 is 0 Å². The van der Waals surface area contributed by atoms with Crippen LogP contribution < -0.4 is 35.6 Å². The first-order valence-corrected chi connectivity index (χ1v) is 11.6. The highest BCUT2D eigenvalue weighted by Gasteiger charge is 2.17. The fourth-order valence-corrected chi connectivity index (χ4v) is 4.61. The van der Waals surface area contributed by atoms with Crippen LogP contribution in [-0.2, 0) is 0 Å². The zero-order valence-corrected chi connectivity index (χ0v) is 20.2. The second kappa shape index (κ2) is 8.78. The molecule has 0 aliphatic carbocycles. The molecule has 4 N–H and O–H groups in total. The quantitative estimate of drug-likeness (QED) is 0.314. The van der Waals surface area contributed by atoms with Crippen molar-refractivity contribution < 1.29 is 14.2 Å². The molecule has 0 unspecified atom stereocenters. The third-order valence-corrected chi connectivity index (χ3v) is 6.27. The average Bonchev–Trinajstić information content (AvgIpc) is 3.68. The van der Waals surface area contributed by atoms with Crippen molar-refractivity contribution in [2.24, 2.45) is 0 Å². The number of benzene rings is 1. The molecule has 7 nitrogen and oxygen atoms in total. The van der Waals surface area contributed by atoms with Gasteiger partial charge in [-0.05, 0) is 84.5 Å². The van der Waals surface area contributed by atoms with Gasteiger partial charge in [-0.1, -0.05) is 0 Å². The van der Waals surface area contributed by atoms with E-state index in [1.807, 2.05) is 12.1 Å². The van der Waals surface area contributed by atoms with Crippen LogP contribution in [0, 0.1) is 0 Å². The van der Waals surface area contributed by atoms with Crippen molar-refractivity contribution in [2.45, 2.75) is 0 Å². The zero-order valence-electron chi connectivity index (χ0n) is 20.2. The van der Waals surface area contributed by atoms with Gasteiger partial charge in [-0.15, -0.1) is 0 Å². The molecule has 1 aromatic carbocycles. The first kappa shape index (κ1) is 21.7. The monoisotopic (exact) mass is 478 g/mol. The van der Waals surface area contributed by atoms with Crippen molar-refractivity contribution in [1.82, 2.24) is 19.9 Å². The van der Waals surface area contributed by atoms with Gasteiger partial charge in [-0.3, -0.25) is 0 Å². The highest BCUT2D eigenvalue weighted by Crippen LogP contribution is 2.42. The van der Waals surface area contributed by atoms with Crippen LogP contribution in [0.3, 0.4) is 0 Å². The standard InChI is InChI=1S/C29H26N4O3/c1-34-27-10-17(11-28(35-2)29(27)36-3)25-15-24-14-22-7-6-20(31-22)12-18-4-5-19(30-18)13-21-8-9-23(32-21)16-26(25)33-24/h4-16,30-33H,1-3H3. The molecule has 0 saturated carbocycles. The van der Waals surface area contributed by atoms with Gasteiger partial charge >= 0.3 is 0 Å². The summed E-state index contributed by atoms with van der Waals surface area (Å²) in [6.45, 7) is 0.